The molecule has 0 atom stereocenters. The Morgan fingerprint density at radius 2 is 2.00 bits per heavy atom. The van der Waals surface area contributed by atoms with Crippen molar-refractivity contribution in [3.63, 3.8) is 0 Å². The van der Waals surface area contributed by atoms with Crippen molar-refractivity contribution in [3.8, 4) is 23.4 Å². The summed E-state index contributed by atoms with van der Waals surface area (Å²) in [5.41, 5.74) is 2.82. The zero-order valence-corrected chi connectivity index (χ0v) is 18.1. The minimum Gasteiger partial charge on any atom is -0.346 e. The van der Waals surface area contributed by atoms with Crippen LogP contribution >= 0.6 is 0 Å². The molecule has 5 rings (SSSR count). The van der Waals surface area contributed by atoms with Gasteiger partial charge in [0.2, 0.25) is 10.0 Å². The summed E-state index contributed by atoms with van der Waals surface area (Å²) in [6, 6.07) is 11.7. The molecule has 1 aromatic carbocycles. The summed E-state index contributed by atoms with van der Waals surface area (Å²) in [5, 5.41) is 20.8. The second-order valence-corrected chi connectivity index (χ2v) is 10.2. The van der Waals surface area contributed by atoms with Crippen molar-refractivity contribution in [2.75, 3.05) is 18.8 Å². The normalized spacial score (nSPS) is 16.0. The molecule has 0 saturated carbocycles. The molecule has 4 aromatic rings. The highest BCUT2D eigenvalue weighted by Crippen LogP contribution is 2.41. The Hall–Kier alpha value is -3.73. The monoisotopic (exact) mass is 445 g/mol. The fourth-order valence-electron chi connectivity index (χ4n) is 4.45. The second kappa shape index (κ2) is 7.16. The van der Waals surface area contributed by atoms with E-state index >= 15 is 0 Å². The van der Waals surface area contributed by atoms with Crippen LogP contribution in [0.3, 0.4) is 0 Å². The van der Waals surface area contributed by atoms with Crippen molar-refractivity contribution in [3.05, 3.63) is 48.5 Å². The topological polar surface area (TPSA) is 131 Å². The molecule has 1 aliphatic heterocycles. The van der Waals surface area contributed by atoms with Crippen molar-refractivity contribution in [1.29, 1.82) is 10.5 Å². The smallest absolute Gasteiger partial charge is 0.213 e. The van der Waals surface area contributed by atoms with Gasteiger partial charge >= 0.3 is 0 Å². The summed E-state index contributed by atoms with van der Waals surface area (Å²) >= 11 is 0. The van der Waals surface area contributed by atoms with Crippen LogP contribution in [-0.4, -0.2) is 51.1 Å². The maximum Gasteiger partial charge on any atom is 0.213 e. The molecule has 1 N–H and O–H groups in total. The van der Waals surface area contributed by atoms with E-state index in [1.54, 1.807) is 25.3 Å². The second-order valence-electron chi connectivity index (χ2n) is 7.95. The number of hydrogen-bond donors (Lipinski definition) is 1. The fraction of sp³-hybridized carbons (Fsp3) is 0.273. The molecule has 1 aliphatic rings. The van der Waals surface area contributed by atoms with Gasteiger partial charge in [-0.15, -0.1) is 0 Å². The fourth-order valence-corrected chi connectivity index (χ4v) is 5.69. The van der Waals surface area contributed by atoms with Gasteiger partial charge in [0.15, 0.2) is 0 Å². The number of fused-ring (bicyclic) bond motifs is 2. The Balaban J connectivity index is 1.74. The first-order chi connectivity index (χ1) is 15.4. The van der Waals surface area contributed by atoms with Crippen LogP contribution < -0.4 is 0 Å². The summed E-state index contributed by atoms with van der Waals surface area (Å²) in [7, 11) is -3.36. The van der Waals surface area contributed by atoms with Crippen molar-refractivity contribution in [2.45, 2.75) is 18.9 Å². The summed E-state index contributed by atoms with van der Waals surface area (Å²) in [6.07, 6.45) is 5.36. The Morgan fingerprint density at radius 1 is 1.19 bits per heavy atom. The highest BCUT2D eigenvalue weighted by Gasteiger charge is 2.49. The van der Waals surface area contributed by atoms with E-state index in [2.05, 4.69) is 27.1 Å². The molecule has 0 unspecified atom stereocenters. The Kier molecular flexibility index (Phi) is 4.52. The number of hydrogen-bond acceptors (Lipinski definition) is 6. The molecular formula is C22H19N7O2S. The van der Waals surface area contributed by atoms with Gasteiger partial charge in [0.25, 0.3) is 0 Å². The number of benzene rings is 1. The summed E-state index contributed by atoms with van der Waals surface area (Å²) in [4.78, 5) is 11.9. The average Bonchev–Trinajstić information content (AvgIpc) is 3.40. The average molecular weight is 446 g/mol. The van der Waals surface area contributed by atoms with Gasteiger partial charge in [-0.1, -0.05) is 6.07 Å². The molecule has 1 fully saturated rings. The lowest BCUT2D eigenvalue weighted by Crippen LogP contribution is -2.64. The number of nitriles is 2. The standard InChI is InChI=1S/C22H19N7O2S/c1-2-32(30,31)28-12-22(13-28,6-7-23)29-11-18(16-4-3-15(10-24)9-19(16)29)20-17-5-8-25-21(17)27-14-26-20/h3-5,8-9,11,14H,2,6,12-13H2,1H3,(H,25,26,27). The van der Waals surface area contributed by atoms with E-state index < -0.39 is 15.6 Å². The first-order valence-corrected chi connectivity index (χ1v) is 11.7. The van der Waals surface area contributed by atoms with Crippen LogP contribution in [0, 0.1) is 22.7 Å². The van der Waals surface area contributed by atoms with Gasteiger partial charge < -0.3 is 9.55 Å². The summed E-state index contributed by atoms with van der Waals surface area (Å²) < 4.78 is 28.1. The summed E-state index contributed by atoms with van der Waals surface area (Å²) in [5.74, 6) is 0.0122. The number of aromatic nitrogens is 4. The highest BCUT2D eigenvalue weighted by molar-refractivity contribution is 7.89. The number of aromatic amines is 1. The SMILES string of the molecule is CCS(=O)(=O)N1CC(CC#N)(n2cc(-c3ncnc4[nH]ccc34)c3ccc(C#N)cc32)C1. The molecule has 10 heteroatoms. The minimum atomic E-state index is -3.36. The van der Waals surface area contributed by atoms with Gasteiger partial charge in [0.1, 0.15) is 12.0 Å². The predicted octanol–water partition coefficient (Wildman–Crippen LogP) is 2.73. The zero-order valence-electron chi connectivity index (χ0n) is 17.3. The van der Waals surface area contributed by atoms with E-state index in [9.17, 15) is 18.9 Å². The third-order valence-corrected chi connectivity index (χ3v) is 7.94. The molecule has 0 amide bonds. The first-order valence-electron chi connectivity index (χ1n) is 10.1. The predicted molar refractivity (Wildman–Crippen MR) is 119 cm³/mol. The largest absolute Gasteiger partial charge is 0.346 e. The van der Waals surface area contributed by atoms with Gasteiger partial charge in [-0.2, -0.15) is 14.8 Å². The van der Waals surface area contributed by atoms with Crippen molar-refractivity contribution >= 4 is 32.0 Å². The number of H-pyrrole nitrogens is 1. The van der Waals surface area contributed by atoms with Crippen molar-refractivity contribution in [2.24, 2.45) is 0 Å². The number of rotatable bonds is 5. The van der Waals surface area contributed by atoms with Crippen molar-refractivity contribution < 1.29 is 8.42 Å². The summed E-state index contributed by atoms with van der Waals surface area (Å²) in [6.45, 7) is 2.03. The number of sulfonamides is 1. The van der Waals surface area contributed by atoms with E-state index in [0.29, 0.717) is 11.2 Å². The van der Waals surface area contributed by atoms with Crippen molar-refractivity contribution in [1.82, 2.24) is 23.8 Å². The number of nitrogens with one attached hydrogen (secondary N) is 1. The molecule has 0 aliphatic carbocycles. The van der Waals surface area contributed by atoms with Gasteiger partial charge in [0, 0.05) is 41.8 Å². The Labute approximate surface area is 184 Å². The van der Waals surface area contributed by atoms with E-state index in [0.717, 1.165) is 27.5 Å². The van der Waals surface area contributed by atoms with Crippen LogP contribution in [0.25, 0.3) is 33.2 Å². The molecule has 160 valence electrons. The first kappa shape index (κ1) is 20.2. The van der Waals surface area contributed by atoms with E-state index in [1.165, 1.54) is 10.6 Å². The van der Waals surface area contributed by atoms with Crippen LogP contribution in [-0.2, 0) is 15.6 Å². The van der Waals surface area contributed by atoms with Crippen LogP contribution in [0.4, 0.5) is 0 Å². The lowest BCUT2D eigenvalue weighted by atomic mass is 9.88. The van der Waals surface area contributed by atoms with Crippen LogP contribution in [0.2, 0.25) is 0 Å². The molecule has 3 aromatic heterocycles. The third kappa shape index (κ3) is 2.88. The maximum absolute atomic E-state index is 12.4. The number of nitrogens with zero attached hydrogens (tertiary/aromatic N) is 6. The lowest BCUT2D eigenvalue weighted by molar-refractivity contribution is 0.0893. The van der Waals surface area contributed by atoms with E-state index in [4.69, 9.17) is 0 Å². The molecular weight excluding hydrogens is 426 g/mol. The molecule has 9 nitrogen and oxygen atoms in total. The molecule has 0 radical (unpaired) electrons. The van der Waals surface area contributed by atoms with Crippen LogP contribution in [0.15, 0.2) is 43.0 Å². The highest BCUT2D eigenvalue weighted by atomic mass is 32.2. The van der Waals surface area contributed by atoms with Gasteiger partial charge in [-0.3, -0.25) is 0 Å². The van der Waals surface area contributed by atoms with E-state index in [1.807, 2.05) is 22.9 Å². The molecule has 1 saturated heterocycles. The van der Waals surface area contributed by atoms with Crippen LogP contribution in [0.5, 0.6) is 0 Å². The zero-order chi connectivity index (χ0) is 22.5. The molecule has 4 heterocycles. The molecule has 0 bridgehead atoms. The van der Waals surface area contributed by atoms with Gasteiger partial charge in [-0.05, 0) is 25.1 Å². The van der Waals surface area contributed by atoms with Gasteiger partial charge in [0.05, 0.1) is 46.6 Å². The molecule has 32 heavy (non-hydrogen) atoms. The minimum absolute atomic E-state index is 0.0122. The maximum atomic E-state index is 12.4. The van der Waals surface area contributed by atoms with E-state index in [-0.39, 0.29) is 25.3 Å². The van der Waals surface area contributed by atoms with Gasteiger partial charge in [-0.25, -0.2) is 18.4 Å². The molecule has 0 spiro atoms. The Bertz CT molecular complexity index is 1550. The quantitative estimate of drug-likeness (QED) is 0.502. The lowest BCUT2D eigenvalue weighted by Gasteiger charge is -2.49. The Morgan fingerprint density at radius 3 is 2.72 bits per heavy atom. The van der Waals surface area contributed by atoms with Crippen LogP contribution in [0.1, 0.15) is 18.9 Å². The third-order valence-electron chi connectivity index (χ3n) is 6.16.